The molecule has 1 aliphatic heterocycles. The SMILES string of the molecule is CCCN1CCC(Nc2nccc(C(=O)O)c2N)CC1. The third kappa shape index (κ3) is 3.39. The van der Waals surface area contributed by atoms with E-state index >= 15 is 0 Å². The second-order valence-corrected chi connectivity index (χ2v) is 5.19. The first kappa shape index (κ1) is 14.6. The van der Waals surface area contributed by atoms with Crippen molar-refractivity contribution in [3.05, 3.63) is 17.8 Å². The molecule has 2 heterocycles. The van der Waals surface area contributed by atoms with Gasteiger partial charge >= 0.3 is 5.97 Å². The van der Waals surface area contributed by atoms with Crippen molar-refractivity contribution in [2.24, 2.45) is 0 Å². The van der Waals surface area contributed by atoms with E-state index in [4.69, 9.17) is 10.8 Å². The number of anilines is 2. The van der Waals surface area contributed by atoms with Gasteiger partial charge in [0.2, 0.25) is 0 Å². The monoisotopic (exact) mass is 278 g/mol. The minimum atomic E-state index is -1.02. The molecule has 0 unspecified atom stereocenters. The third-order valence-corrected chi connectivity index (χ3v) is 3.69. The van der Waals surface area contributed by atoms with Crippen molar-refractivity contribution in [2.45, 2.75) is 32.2 Å². The molecule has 20 heavy (non-hydrogen) atoms. The molecule has 4 N–H and O–H groups in total. The van der Waals surface area contributed by atoms with E-state index in [1.54, 1.807) is 0 Å². The Labute approximate surface area is 119 Å². The van der Waals surface area contributed by atoms with Gasteiger partial charge in [-0.2, -0.15) is 0 Å². The van der Waals surface area contributed by atoms with E-state index in [0.717, 1.165) is 32.5 Å². The van der Waals surface area contributed by atoms with E-state index in [1.807, 2.05) is 0 Å². The van der Waals surface area contributed by atoms with Crippen LogP contribution in [0.5, 0.6) is 0 Å². The molecule has 0 bridgehead atoms. The number of nitrogens with one attached hydrogen (secondary N) is 1. The lowest BCUT2D eigenvalue weighted by Gasteiger charge is -2.32. The van der Waals surface area contributed by atoms with Crippen molar-refractivity contribution in [1.82, 2.24) is 9.88 Å². The zero-order chi connectivity index (χ0) is 14.5. The summed E-state index contributed by atoms with van der Waals surface area (Å²) in [7, 11) is 0. The largest absolute Gasteiger partial charge is 0.478 e. The summed E-state index contributed by atoms with van der Waals surface area (Å²) >= 11 is 0. The van der Waals surface area contributed by atoms with Crippen LogP contribution >= 0.6 is 0 Å². The van der Waals surface area contributed by atoms with Crippen LogP contribution < -0.4 is 11.1 Å². The zero-order valence-corrected chi connectivity index (χ0v) is 11.8. The summed E-state index contributed by atoms with van der Waals surface area (Å²) in [6.07, 6.45) is 4.71. The summed E-state index contributed by atoms with van der Waals surface area (Å²) in [5.41, 5.74) is 6.18. The number of piperidine rings is 1. The van der Waals surface area contributed by atoms with Gasteiger partial charge < -0.3 is 21.1 Å². The number of aromatic carboxylic acids is 1. The van der Waals surface area contributed by atoms with Crippen molar-refractivity contribution in [3.8, 4) is 0 Å². The molecule has 0 aliphatic carbocycles. The number of nitrogens with two attached hydrogens (primary N) is 1. The van der Waals surface area contributed by atoms with Crippen LogP contribution in [0.4, 0.5) is 11.5 Å². The van der Waals surface area contributed by atoms with Crippen LogP contribution in [0.15, 0.2) is 12.3 Å². The highest BCUT2D eigenvalue weighted by molar-refractivity contribution is 5.96. The van der Waals surface area contributed by atoms with E-state index < -0.39 is 5.97 Å². The number of aromatic nitrogens is 1. The van der Waals surface area contributed by atoms with Gasteiger partial charge in [0, 0.05) is 25.3 Å². The standard InChI is InChI=1S/C14H22N4O2/c1-2-7-18-8-4-10(5-9-18)17-13-12(15)11(14(19)20)3-6-16-13/h3,6,10H,2,4-5,7-9,15H2,1H3,(H,16,17)(H,19,20). The molecule has 6 nitrogen and oxygen atoms in total. The number of rotatable bonds is 5. The van der Waals surface area contributed by atoms with Crippen LogP contribution in [0.25, 0.3) is 0 Å². The highest BCUT2D eigenvalue weighted by Gasteiger charge is 2.20. The minimum Gasteiger partial charge on any atom is -0.478 e. The number of hydrogen-bond acceptors (Lipinski definition) is 5. The van der Waals surface area contributed by atoms with Gasteiger partial charge in [-0.3, -0.25) is 0 Å². The Hall–Kier alpha value is -1.82. The van der Waals surface area contributed by atoms with Gasteiger partial charge in [-0.25, -0.2) is 9.78 Å². The predicted octanol–water partition coefficient (Wildman–Crippen LogP) is 1.65. The van der Waals surface area contributed by atoms with Crippen molar-refractivity contribution in [2.75, 3.05) is 30.7 Å². The molecule has 6 heteroatoms. The van der Waals surface area contributed by atoms with Gasteiger partial charge in [-0.05, 0) is 31.9 Å². The van der Waals surface area contributed by atoms with Crippen LogP contribution in [-0.4, -0.2) is 46.6 Å². The number of nitrogen functional groups attached to an aromatic ring is 1. The minimum absolute atomic E-state index is 0.103. The lowest BCUT2D eigenvalue weighted by Crippen LogP contribution is -2.39. The molecule has 110 valence electrons. The summed E-state index contributed by atoms with van der Waals surface area (Å²) in [5, 5.41) is 12.3. The normalized spacial score (nSPS) is 17.1. The fourth-order valence-corrected chi connectivity index (χ4v) is 2.59. The molecular formula is C14H22N4O2. The van der Waals surface area contributed by atoms with Crippen molar-refractivity contribution in [1.29, 1.82) is 0 Å². The molecule has 1 saturated heterocycles. The number of nitrogens with zero attached hydrogens (tertiary/aromatic N) is 2. The molecule has 0 atom stereocenters. The zero-order valence-electron chi connectivity index (χ0n) is 11.8. The molecule has 0 aromatic carbocycles. The second-order valence-electron chi connectivity index (χ2n) is 5.19. The van der Waals surface area contributed by atoms with Gasteiger partial charge in [-0.1, -0.05) is 6.92 Å². The van der Waals surface area contributed by atoms with Crippen molar-refractivity contribution >= 4 is 17.5 Å². The molecule has 0 spiro atoms. The first-order valence-corrected chi connectivity index (χ1v) is 7.08. The van der Waals surface area contributed by atoms with E-state index in [-0.39, 0.29) is 11.3 Å². The molecule has 0 amide bonds. The first-order valence-electron chi connectivity index (χ1n) is 7.08. The average molecular weight is 278 g/mol. The molecule has 2 rings (SSSR count). The fraction of sp³-hybridized carbons (Fsp3) is 0.571. The Morgan fingerprint density at radius 2 is 2.25 bits per heavy atom. The van der Waals surface area contributed by atoms with E-state index in [2.05, 4.69) is 22.1 Å². The molecule has 1 fully saturated rings. The maximum absolute atomic E-state index is 11.0. The molecule has 0 radical (unpaired) electrons. The molecule has 0 saturated carbocycles. The topological polar surface area (TPSA) is 91.5 Å². The first-order chi connectivity index (χ1) is 9.61. The Kier molecular flexibility index (Phi) is 4.79. The van der Waals surface area contributed by atoms with Gasteiger partial charge in [0.1, 0.15) is 5.82 Å². The average Bonchev–Trinajstić information content (AvgIpc) is 2.43. The predicted molar refractivity (Wildman–Crippen MR) is 79.0 cm³/mol. The van der Waals surface area contributed by atoms with E-state index in [9.17, 15) is 4.79 Å². The summed E-state index contributed by atoms with van der Waals surface area (Å²) in [6, 6.07) is 1.73. The highest BCUT2D eigenvalue weighted by Crippen LogP contribution is 2.23. The number of carboxylic acid groups (broad SMARTS) is 1. The number of pyridine rings is 1. The van der Waals surface area contributed by atoms with Gasteiger partial charge in [0.15, 0.2) is 0 Å². The number of carbonyl (C=O) groups is 1. The summed E-state index contributed by atoms with van der Waals surface area (Å²) in [5.74, 6) is -0.537. The fourth-order valence-electron chi connectivity index (χ4n) is 2.59. The Balaban J connectivity index is 1.98. The number of likely N-dealkylation sites (tertiary alicyclic amines) is 1. The Morgan fingerprint density at radius 3 is 2.85 bits per heavy atom. The van der Waals surface area contributed by atoms with Gasteiger partial charge in [0.05, 0.1) is 11.3 Å². The molecule has 1 aromatic heterocycles. The Morgan fingerprint density at radius 1 is 1.55 bits per heavy atom. The quantitative estimate of drug-likeness (QED) is 0.758. The Bertz CT molecular complexity index is 470. The summed E-state index contributed by atoms with van der Waals surface area (Å²) < 4.78 is 0. The van der Waals surface area contributed by atoms with Crippen LogP contribution in [-0.2, 0) is 0 Å². The maximum atomic E-state index is 11.0. The van der Waals surface area contributed by atoms with Crippen molar-refractivity contribution in [3.63, 3.8) is 0 Å². The second kappa shape index (κ2) is 6.56. The van der Waals surface area contributed by atoms with Crippen LogP contribution in [0.1, 0.15) is 36.5 Å². The lowest BCUT2D eigenvalue weighted by molar-refractivity contribution is 0.0698. The number of hydrogen-bond donors (Lipinski definition) is 3. The molecule has 1 aliphatic rings. The number of carboxylic acids is 1. The van der Waals surface area contributed by atoms with E-state index in [0.29, 0.717) is 11.9 Å². The van der Waals surface area contributed by atoms with Crippen LogP contribution in [0.2, 0.25) is 0 Å². The van der Waals surface area contributed by atoms with Crippen molar-refractivity contribution < 1.29 is 9.90 Å². The lowest BCUT2D eigenvalue weighted by atomic mass is 10.0. The van der Waals surface area contributed by atoms with Gasteiger partial charge in [-0.15, -0.1) is 0 Å². The molecular weight excluding hydrogens is 256 g/mol. The summed E-state index contributed by atoms with van der Waals surface area (Å²) in [4.78, 5) is 17.6. The van der Waals surface area contributed by atoms with Crippen LogP contribution in [0.3, 0.4) is 0 Å². The third-order valence-electron chi connectivity index (χ3n) is 3.69. The highest BCUT2D eigenvalue weighted by atomic mass is 16.4. The maximum Gasteiger partial charge on any atom is 0.337 e. The molecule has 1 aromatic rings. The smallest absolute Gasteiger partial charge is 0.337 e. The van der Waals surface area contributed by atoms with Gasteiger partial charge in [0.25, 0.3) is 0 Å². The summed E-state index contributed by atoms with van der Waals surface area (Å²) in [6.45, 7) is 5.45. The van der Waals surface area contributed by atoms with Crippen LogP contribution in [0, 0.1) is 0 Å². The van der Waals surface area contributed by atoms with E-state index in [1.165, 1.54) is 18.7 Å².